The van der Waals surface area contributed by atoms with Crippen LogP contribution in [0.15, 0.2) is 29.2 Å². The molecule has 2 aromatic heterocycles. The lowest BCUT2D eigenvalue weighted by Gasteiger charge is -2.16. The van der Waals surface area contributed by atoms with Crippen LogP contribution in [0.1, 0.15) is 43.0 Å². The highest BCUT2D eigenvalue weighted by atomic mass is 35.5. The fourth-order valence-corrected chi connectivity index (χ4v) is 3.76. The number of aromatic nitrogens is 4. The van der Waals surface area contributed by atoms with Gasteiger partial charge in [-0.15, -0.1) is 0 Å². The van der Waals surface area contributed by atoms with E-state index in [2.05, 4.69) is 15.5 Å². The first-order valence-corrected chi connectivity index (χ1v) is 9.40. The van der Waals surface area contributed by atoms with Crippen molar-refractivity contribution in [2.45, 2.75) is 38.3 Å². The molecule has 1 atom stereocenters. The SMILES string of the molecule is CC(NC(=O)Cn1ncc2c(C3CC3)nn(C)c2c1=O)c1c(F)cccc1Cl. The molecule has 1 aliphatic rings. The zero-order valence-electron chi connectivity index (χ0n) is 15.4. The molecule has 0 bridgehead atoms. The lowest BCUT2D eigenvalue weighted by atomic mass is 10.1. The van der Waals surface area contributed by atoms with Gasteiger partial charge >= 0.3 is 0 Å². The first kappa shape index (κ1) is 18.6. The molecule has 146 valence electrons. The van der Waals surface area contributed by atoms with Gasteiger partial charge in [-0.05, 0) is 31.9 Å². The maximum Gasteiger partial charge on any atom is 0.293 e. The van der Waals surface area contributed by atoms with E-state index in [9.17, 15) is 14.0 Å². The third-order valence-electron chi connectivity index (χ3n) is 4.94. The molecular formula is C19H19ClFN5O2. The fourth-order valence-electron chi connectivity index (χ4n) is 3.43. The number of fused-ring (bicyclic) bond motifs is 1. The van der Waals surface area contributed by atoms with Gasteiger partial charge in [0.2, 0.25) is 5.91 Å². The summed E-state index contributed by atoms with van der Waals surface area (Å²) in [7, 11) is 1.71. The van der Waals surface area contributed by atoms with E-state index in [0.717, 1.165) is 28.6 Å². The maximum absolute atomic E-state index is 14.0. The predicted molar refractivity (Wildman–Crippen MR) is 103 cm³/mol. The molecular weight excluding hydrogens is 385 g/mol. The van der Waals surface area contributed by atoms with E-state index in [1.54, 1.807) is 30.9 Å². The van der Waals surface area contributed by atoms with Crippen molar-refractivity contribution in [3.05, 3.63) is 56.8 Å². The molecule has 0 spiro atoms. The van der Waals surface area contributed by atoms with E-state index in [4.69, 9.17) is 11.6 Å². The van der Waals surface area contributed by atoms with Crippen LogP contribution < -0.4 is 10.9 Å². The van der Waals surface area contributed by atoms with Crippen molar-refractivity contribution in [3.8, 4) is 0 Å². The Hall–Kier alpha value is -2.74. The Morgan fingerprint density at radius 3 is 2.86 bits per heavy atom. The van der Waals surface area contributed by atoms with Gasteiger partial charge in [-0.2, -0.15) is 10.2 Å². The zero-order chi connectivity index (χ0) is 20.0. The Labute approximate surface area is 165 Å². The van der Waals surface area contributed by atoms with Gasteiger partial charge in [-0.3, -0.25) is 14.3 Å². The summed E-state index contributed by atoms with van der Waals surface area (Å²) in [5.74, 6) is -0.583. The maximum atomic E-state index is 14.0. The molecule has 1 aromatic carbocycles. The minimum atomic E-state index is -0.654. The van der Waals surface area contributed by atoms with E-state index < -0.39 is 17.8 Å². The van der Waals surface area contributed by atoms with Crippen LogP contribution >= 0.6 is 11.6 Å². The number of amides is 1. The third-order valence-corrected chi connectivity index (χ3v) is 5.27. The first-order chi connectivity index (χ1) is 13.4. The van der Waals surface area contributed by atoms with Gasteiger partial charge in [0.25, 0.3) is 5.56 Å². The van der Waals surface area contributed by atoms with Crippen LogP contribution in [-0.2, 0) is 18.4 Å². The quantitative estimate of drug-likeness (QED) is 0.710. The fraction of sp³-hybridized carbons (Fsp3) is 0.368. The van der Waals surface area contributed by atoms with Crippen LogP contribution in [0, 0.1) is 5.82 Å². The number of nitrogens with one attached hydrogen (secondary N) is 1. The molecule has 2 heterocycles. The summed E-state index contributed by atoms with van der Waals surface area (Å²) in [5.41, 5.74) is 1.14. The minimum absolute atomic E-state index is 0.203. The summed E-state index contributed by atoms with van der Waals surface area (Å²) in [5, 5.41) is 12.2. The number of aryl methyl sites for hydroxylation is 1. The Morgan fingerprint density at radius 2 is 2.18 bits per heavy atom. The zero-order valence-corrected chi connectivity index (χ0v) is 16.2. The molecule has 7 nitrogen and oxygen atoms in total. The summed E-state index contributed by atoms with van der Waals surface area (Å²) in [4.78, 5) is 25.2. The smallest absolute Gasteiger partial charge is 0.293 e. The highest BCUT2D eigenvalue weighted by Gasteiger charge is 2.30. The molecule has 1 unspecified atom stereocenters. The molecule has 3 aromatic rings. The number of carbonyl (C=O) groups excluding carboxylic acids is 1. The Bertz CT molecular complexity index is 1120. The summed E-state index contributed by atoms with van der Waals surface area (Å²) >= 11 is 6.04. The molecule has 1 amide bonds. The number of benzene rings is 1. The van der Waals surface area contributed by atoms with Crippen molar-refractivity contribution in [1.29, 1.82) is 0 Å². The van der Waals surface area contributed by atoms with Crippen molar-refractivity contribution >= 4 is 28.4 Å². The average molecular weight is 404 g/mol. The second-order valence-electron chi connectivity index (χ2n) is 7.08. The Morgan fingerprint density at radius 1 is 1.43 bits per heavy atom. The van der Waals surface area contributed by atoms with E-state index >= 15 is 0 Å². The summed E-state index contributed by atoms with van der Waals surface area (Å²) in [6.45, 7) is 1.35. The molecule has 0 radical (unpaired) electrons. The summed E-state index contributed by atoms with van der Waals surface area (Å²) in [6.07, 6.45) is 3.71. The number of nitrogens with zero attached hydrogens (tertiary/aromatic N) is 4. The van der Waals surface area contributed by atoms with Gasteiger partial charge < -0.3 is 5.32 Å². The number of carbonyl (C=O) groups is 1. The molecule has 0 aliphatic heterocycles. The standard InChI is InChI=1S/C19H19ClFN5O2/c1-10(16-13(20)4-3-5-14(16)21)23-15(27)9-26-19(28)18-12(8-22-26)17(11-6-7-11)24-25(18)2/h3-5,8,10-11H,6-7,9H2,1-2H3,(H,23,27). The van der Waals surface area contributed by atoms with Crippen molar-refractivity contribution in [1.82, 2.24) is 24.9 Å². The van der Waals surface area contributed by atoms with Gasteiger partial charge in [0.1, 0.15) is 17.9 Å². The van der Waals surface area contributed by atoms with E-state index in [0.29, 0.717) is 11.4 Å². The second kappa shape index (κ2) is 7.01. The average Bonchev–Trinajstić information content (AvgIpc) is 3.41. The summed E-state index contributed by atoms with van der Waals surface area (Å²) < 4.78 is 16.7. The number of hydrogen-bond acceptors (Lipinski definition) is 4. The minimum Gasteiger partial charge on any atom is -0.348 e. The van der Waals surface area contributed by atoms with E-state index in [-0.39, 0.29) is 22.7 Å². The van der Waals surface area contributed by atoms with Gasteiger partial charge in [-0.25, -0.2) is 9.07 Å². The second-order valence-corrected chi connectivity index (χ2v) is 7.48. The third kappa shape index (κ3) is 3.28. The van der Waals surface area contributed by atoms with Gasteiger partial charge in [-0.1, -0.05) is 17.7 Å². The monoisotopic (exact) mass is 403 g/mol. The normalized spacial score (nSPS) is 15.0. The molecule has 4 rings (SSSR count). The van der Waals surface area contributed by atoms with Gasteiger partial charge in [0.15, 0.2) is 0 Å². The highest BCUT2D eigenvalue weighted by molar-refractivity contribution is 6.31. The topological polar surface area (TPSA) is 81.8 Å². The van der Waals surface area contributed by atoms with Crippen LogP contribution in [0.25, 0.3) is 10.9 Å². The molecule has 1 saturated carbocycles. The molecule has 9 heteroatoms. The number of hydrogen-bond donors (Lipinski definition) is 1. The van der Waals surface area contributed by atoms with Crippen LogP contribution in [0.4, 0.5) is 4.39 Å². The molecule has 1 fully saturated rings. The van der Waals surface area contributed by atoms with Crippen LogP contribution in [0.5, 0.6) is 0 Å². The highest BCUT2D eigenvalue weighted by Crippen LogP contribution is 2.41. The Balaban J connectivity index is 1.56. The summed E-state index contributed by atoms with van der Waals surface area (Å²) in [6, 6.07) is 3.68. The molecule has 1 aliphatic carbocycles. The van der Waals surface area contributed by atoms with E-state index in [1.165, 1.54) is 12.1 Å². The largest absolute Gasteiger partial charge is 0.348 e. The molecule has 0 saturated heterocycles. The number of rotatable bonds is 5. The number of halogens is 2. The predicted octanol–water partition coefficient (Wildman–Crippen LogP) is 2.68. The molecule has 1 N–H and O–H groups in total. The lowest BCUT2D eigenvalue weighted by Crippen LogP contribution is -2.35. The van der Waals surface area contributed by atoms with Gasteiger partial charge in [0.05, 0.1) is 17.9 Å². The lowest BCUT2D eigenvalue weighted by molar-refractivity contribution is -0.122. The van der Waals surface area contributed by atoms with Crippen molar-refractivity contribution < 1.29 is 9.18 Å². The van der Waals surface area contributed by atoms with Crippen molar-refractivity contribution in [3.63, 3.8) is 0 Å². The van der Waals surface area contributed by atoms with Crippen LogP contribution in [-0.4, -0.2) is 25.5 Å². The van der Waals surface area contributed by atoms with E-state index in [1.807, 2.05) is 0 Å². The van der Waals surface area contributed by atoms with Crippen molar-refractivity contribution in [2.75, 3.05) is 0 Å². The van der Waals surface area contributed by atoms with Crippen molar-refractivity contribution in [2.24, 2.45) is 7.05 Å². The van der Waals surface area contributed by atoms with Gasteiger partial charge in [0, 0.05) is 28.9 Å². The van der Waals surface area contributed by atoms with Crippen LogP contribution in [0.3, 0.4) is 0 Å². The van der Waals surface area contributed by atoms with Crippen LogP contribution in [0.2, 0.25) is 5.02 Å². The Kier molecular flexibility index (Phi) is 4.66. The molecule has 28 heavy (non-hydrogen) atoms. The first-order valence-electron chi connectivity index (χ1n) is 9.02.